The molecule has 2 atom stereocenters. The van der Waals surface area contributed by atoms with Gasteiger partial charge in [-0.05, 0) is 26.2 Å². The van der Waals surface area contributed by atoms with Crippen molar-refractivity contribution >= 4 is 11.9 Å². The number of aliphatic carboxylic acids is 1. The highest BCUT2D eigenvalue weighted by molar-refractivity contribution is 5.80. The van der Waals surface area contributed by atoms with Gasteiger partial charge in [0.1, 0.15) is 0 Å². The summed E-state index contributed by atoms with van der Waals surface area (Å²) in [4.78, 5) is 24.7. The van der Waals surface area contributed by atoms with Gasteiger partial charge in [0.25, 0.3) is 0 Å². The van der Waals surface area contributed by atoms with Crippen molar-refractivity contribution in [1.29, 1.82) is 0 Å². The van der Waals surface area contributed by atoms with Crippen LogP contribution in [0, 0.1) is 11.8 Å². The van der Waals surface area contributed by atoms with Gasteiger partial charge in [-0.25, -0.2) is 0 Å². The highest BCUT2D eigenvalue weighted by atomic mass is 16.4. The van der Waals surface area contributed by atoms with E-state index in [2.05, 4.69) is 6.58 Å². The number of allylic oxidation sites excluding steroid dienone is 1. The van der Waals surface area contributed by atoms with E-state index in [9.17, 15) is 9.59 Å². The Morgan fingerprint density at radius 3 is 2.71 bits per heavy atom. The molecule has 17 heavy (non-hydrogen) atoms. The van der Waals surface area contributed by atoms with Crippen LogP contribution < -0.4 is 0 Å². The lowest BCUT2D eigenvalue weighted by molar-refractivity contribution is -0.146. The Balaban J connectivity index is 2.57. The van der Waals surface area contributed by atoms with Crippen molar-refractivity contribution in [3.8, 4) is 0 Å². The smallest absolute Gasteiger partial charge is 0.308 e. The summed E-state index contributed by atoms with van der Waals surface area (Å²) in [5.41, 5.74) is 0.984. The van der Waals surface area contributed by atoms with Crippen LogP contribution in [0.4, 0.5) is 0 Å². The van der Waals surface area contributed by atoms with E-state index in [-0.39, 0.29) is 11.8 Å². The summed E-state index contributed by atoms with van der Waals surface area (Å²) in [5, 5.41) is 8.97. The molecular formula is C13H21NO3. The van der Waals surface area contributed by atoms with E-state index in [1.165, 1.54) is 0 Å². The lowest BCUT2D eigenvalue weighted by atomic mass is 9.95. The molecule has 0 radical (unpaired) electrons. The molecule has 1 fully saturated rings. The monoisotopic (exact) mass is 239 g/mol. The number of carbonyl (C=O) groups excluding carboxylic acids is 1. The SMILES string of the molecule is C=C(C)CC(C)C(=O)N1CCCC(C(=O)O)C1. The minimum Gasteiger partial charge on any atom is -0.481 e. The van der Waals surface area contributed by atoms with E-state index >= 15 is 0 Å². The molecule has 1 amide bonds. The van der Waals surface area contributed by atoms with Crippen LogP contribution in [0.15, 0.2) is 12.2 Å². The number of rotatable bonds is 4. The van der Waals surface area contributed by atoms with E-state index in [0.717, 1.165) is 12.0 Å². The summed E-state index contributed by atoms with van der Waals surface area (Å²) in [5.74, 6) is -1.24. The van der Waals surface area contributed by atoms with Gasteiger partial charge in [0.2, 0.25) is 5.91 Å². The fourth-order valence-electron chi connectivity index (χ4n) is 2.30. The Labute approximate surface area is 102 Å². The number of hydrogen-bond acceptors (Lipinski definition) is 2. The predicted molar refractivity (Wildman–Crippen MR) is 65.5 cm³/mol. The Kier molecular flexibility index (Phi) is 4.73. The summed E-state index contributed by atoms with van der Waals surface area (Å²) >= 11 is 0. The third-order valence-electron chi connectivity index (χ3n) is 3.16. The summed E-state index contributed by atoms with van der Waals surface area (Å²) < 4.78 is 0. The minimum absolute atomic E-state index is 0.0546. The van der Waals surface area contributed by atoms with Gasteiger partial charge in [-0.15, -0.1) is 6.58 Å². The van der Waals surface area contributed by atoms with E-state index in [4.69, 9.17) is 5.11 Å². The molecule has 1 N–H and O–H groups in total. The number of nitrogens with zero attached hydrogens (tertiary/aromatic N) is 1. The third kappa shape index (κ3) is 3.88. The van der Waals surface area contributed by atoms with Crippen LogP contribution in [-0.2, 0) is 9.59 Å². The van der Waals surface area contributed by atoms with Crippen LogP contribution in [0.1, 0.15) is 33.1 Å². The van der Waals surface area contributed by atoms with Crippen LogP contribution in [0.2, 0.25) is 0 Å². The fourth-order valence-corrected chi connectivity index (χ4v) is 2.30. The lowest BCUT2D eigenvalue weighted by Crippen LogP contribution is -2.44. The molecule has 4 heteroatoms. The molecule has 4 nitrogen and oxygen atoms in total. The minimum atomic E-state index is -0.796. The van der Waals surface area contributed by atoms with Gasteiger partial charge in [0.15, 0.2) is 0 Å². The first-order chi connectivity index (χ1) is 7.91. The highest BCUT2D eigenvalue weighted by Crippen LogP contribution is 2.20. The van der Waals surface area contributed by atoms with Crippen molar-refractivity contribution in [2.75, 3.05) is 13.1 Å². The first-order valence-electron chi connectivity index (χ1n) is 6.07. The van der Waals surface area contributed by atoms with E-state index in [1.54, 1.807) is 4.90 Å². The predicted octanol–water partition coefficient (Wildman–Crippen LogP) is 1.91. The van der Waals surface area contributed by atoms with Crippen molar-refractivity contribution in [2.45, 2.75) is 33.1 Å². The van der Waals surface area contributed by atoms with Gasteiger partial charge >= 0.3 is 5.97 Å². The number of piperidine rings is 1. The first-order valence-corrected chi connectivity index (χ1v) is 6.07. The molecule has 1 heterocycles. The summed E-state index contributed by atoms with van der Waals surface area (Å²) in [6, 6.07) is 0. The molecule has 0 bridgehead atoms. The van der Waals surface area contributed by atoms with Gasteiger partial charge < -0.3 is 10.0 Å². The molecule has 1 aliphatic heterocycles. The number of likely N-dealkylation sites (tertiary alicyclic amines) is 1. The quantitative estimate of drug-likeness (QED) is 0.762. The second-order valence-corrected chi connectivity index (χ2v) is 5.02. The van der Waals surface area contributed by atoms with Gasteiger partial charge in [0.05, 0.1) is 5.92 Å². The Morgan fingerprint density at radius 2 is 2.18 bits per heavy atom. The highest BCUT2D eigenvalue weighted by Gasteiger charge is 2.29. The maximum atomic E-state index is 12.1. The van der Waals surface area contributed by atoms with Crippen LogP contribution in [-0.4, -0.2) is 35.0 Å². The average molecular weight is 239 g/mol. The Morgan fingerprint density at radius 1 is 1.53 bits per heavy atom. The number of amides is 1. The topological polar surface area (TPSA) is 57.6 Å². The molecule has 96 valence electrons. The molecule has 0 aliphatic carbocycles. The zero-order chi connectivity index (χ0) is 13.0. The molecule has 0 aromatic carbocycles. The Bertz CT molecular complexity index is 325. The zero-order valence-electron chi connectivity index (χ0n) is 10.6. The average Bonchev–Trinajstić information content (AvgIpc) is 2.27. The third-order valence-corrected chi connectivity index (χ3v) is 3.16. The normalized spacial score (nSPS) is 22.0. The second kappa shape index (κ2) is 5.84. The van der Waals surface area contributed by atoms with Gasteiger partial charge in [-0.2, -0.15) is 0 Å². The van der Waals surface area contributed by atoms with Crippen molar-refractivity contribution < 1.29 is 14.7 Å². The lowest BCUT2D eigenvalue weighted by Gasteiger charge is -2.32. The standard InChI is InChI=1S/C13H21NO3/c1-9(2)7-10(3)12(15)14-6-4-5-11(8-14)13(16)17/h10-11H,1,4-8H2,2-3H3,(H,16,17). The Hall–Kier alpha value is -1.32. The van der Waals surface area contributed by atoms with Crippen molar-refractivity contribution in [3.63, 3.8) is 0 Å². The first kappa shape index (κ1) is 13.7. The largest absolute Gasteiger partial charge is 0.481 e. The maximum absolute atomic E-state index is 12.1. The zero-order valence-corrected chi connectivity index (χ0v) is 10.6. The molecule has 0 saturated carbocycles. The number of carboxylic acids is 1. The molecule has 0 aromatic rings. The van der Waals surface area contributed by atoms with Gasteiger partial charge in [-0.1, -0.05) is 12.5 Å². The summed E-state index contributed by atoms with van der Waals surface area (Å²) in [7, 11) is 0. The molecule has 0 spiro atoms. The second-order valence-electron chi connectivity index (χ2n) is 5.02. The van der Waals surface area contributed by atoms with Crippen LogP contribution in [0.25, 0.3) is 0 Å². The number of hydrogen-bond donors (Lipinski definition) is 1. The molecular weight excluding hydrogens is 218 g/mol. The van der Waals surface area contributed by atoms with Crippen molar-refractivity contribution in [3.05, 3.63) is 12.2 Å². The number of carbonyl (C=O) groups is 2. The number of carboxylic acid groups (broad SMARTS) is 1. The molecule has 1 saturated heterocycles. The summed E-state index contributed by atoms with van der Waals surface area (Å²) in [6.07, 6.45) is 2.13. The van der Waals surface area contributed by atoms with Crippen LogP contribution in [0.3, 0.4) is 0 Å². The van der Waals surface area contributed by atoms with Gasteiger partial charge in [-0.3, -0.25) is 9.59 Å². The van der Waals surface area contributed by atoms with Gasteiger partial charge in [0, 0.05) is 19.0 Å². The van der Waals surface area contributed by atoms with Crippen LogP contribution >= 0.6 is 0 Å². The molecule has 1 aliphatic rings. The summed E-state index contributed by atoms with van der Waals surface area (Å²) in [6.45, 7) is 8.62. The van der Waals surface area contributed by atoms with E-state index in [1.807, 2.05) is 13.8 Å². The maximum Gasteiger partial charge on any atom is 0.308 e. The van der Waals surface area contributed by atoms with Crippen LogP contribution in [0.5, 0.6) is 0 Å². The fraction of sp³-hybridized carbons (Fsp3) is 0.692. The van der Waals surface area contributed by atoms with E-state index in [0.29, 0.717) is 25.9 Å². The molecule has 0 aromatic heterocycles. The van der Waals surface area contributed by atoms with Crippen molar-refractivity contribution in [1.82, 2.24) is 4.90 Å². The molecule has 1 rings (SSSR count). The molecule has 2 unspecified atom stereocenters. The van der Waals surface area contributed by atoms with Crippen molar-refractivity contribution in [2.24, 2.45) is 11.8 Å². The van der Waals surface area contributed by atoms with E-state index < -0.39 is 11.9 Å².